The van der Waals surface area contributed by atoms with Crippen molar-refractivity contribution in [2.24, 2.45) is 12.0 Å². The number of fused-ring (bicyclic) bond motifs is 1. The van der Waals surface area contributed by atoms with Crippen molar-refractivity contribution < 1.29 is 9.52 Å². The average Bonchev–Trinajstić information content (AvgIpc) is 3.17. The number of aryl methyl sites for hydroxylation is 3. The Morgan fingerprint density at radius 3 is 2.62 bits per heavy atom. The molecule has 1 aromatic carbocycles. The summed E-state index contributed by atoms with van der Waals surface area (Å²) in [5.74, 6) is 3.03. The molecule has 1 atom stereocenters. The molecule has 8 heteroatoms. The Morgan fingerprint density at radius 1 is 1.28 bits per heavy atom. The predicted octanol–water partition coefficient (Wildman–Crippen LogP) is 3.36. The van der Waals surface area contributed by atoms with Crippen molar-refractivity contribution >= 4 is 41.0 Å². The first-order chi connectivity index (χ1) is 13.3. The summed E-state index contributed by atoms with van der Waals surface area (Å²) in [4.78, 5) is 9.29. The van der Waals surface area contributed by atoms with Crippen LogP contribution in [0.15, 0.2) is 39.7 Å². The Balaban J connectivity index is 0.00000300. The molecule has 7 nitrogen and oxygen atoms in total. The second-order valence-corrected chi connectivity index (χ2v) is 7.23. The molecule has 0 radical (unpaired) electrons. The van der Waals surface area contributed by atoms with E-state index in [1.54, 1.807) is 6.92 Å². The summed E-state index contributed by atoms with van der Waals surface area (Å²) in [6.45, 7) is 8.98. The van der Waals surface area contributed by atoms with Gasteiger partial charge in [-0.3, -0.25) is 0 Å². The highest BCUT2D eigenvalue weighted by molar-refractivity contribution is 14.0. The number of para-hydroxylation sites is 2. The third-order valence-corrected chi connectivity index (χ3v) is 4.82. The van der Waals surface area contributed by atoms with E-state index in [2.05, 4.69) is 25.2 Å². The Kier molecular flexibility index (Phi) is 7.70. The lowest BCUT2D eigenvalue weighted by Gasteiger charge is -2.24. The maximum Gasteiger partial charge on any atom is 0.191 e. The van der Waals surface area contributed by atoms with E-state index in [4.69, 9.17) is 4.42 Å². The molecule has 0 bridgehead atoms. The van der Waals surface area contributed by atoms with E-state index in [1.165, 1.54) is 0 Å². The first-order valence-corrected chi connectivity index (χ1v) is 9.54. The minimum absolute atomic E-state index is 0. The lowest BCUT2D eigenvalue weighted by atomic mass is 9.96. The van der Waals surface area contributed by atoms with Crippen LogP contribution in [0.1, 0.15) is 36.8 Å². The minimum atomic E-state index is -1.07. The van der Waals surface area contributed by atoms with Gasteiger partial charge in [0.1, 0.15) is 29.5 Å². The predicted molar refractivity (Wildman–Crippen MR) is 127 cm³/mol. The average molecular weight is 511 g/mol. The van der Waals surface area contributed by atoms with Crippen molar-refractivity contribution in [3.63, 3.8) is 0 Å². The summed E-state index contributed by atoms with van der Waals surface area (Å²) in [5, 5.41) is 17.3. The molecule has 0 fully saturated rings. The van der Waals surface area contributed by atoms with Crippen molar-refractivity contribution in [1.29, 1.82) is 0 Å². The maximum atomic E-state index is 10.9. The van der Waals surface area contributed by atoms with E-state index in [0.29, 0.717) is 19.0 Å². The number of aliphatic hydroxyl groups is 1. The SMILES string of the molecule is CCNC(=NCc1nc2ccccc2n1C)NCC(C)(O)c1cc(C)oc1C.I. The van der Waals surface area contributed by atoms with E-state index in [-0.39, 0.29) is 24.0 Å². The zero-order valence-electron chi connectivity index (χ0n) is 17.6. The number of hydrogen-bond acceptors (Lipinski definition) is 4. The first-order valence-electron chi connectivity index (χ1n) is 9.54. The summed E-state index contributed by atoms with van der Waals surface area (Å²) in [5.41, 5.74) is 1.75. The molecule has 2 aromatic heterocycles. The highest BCUT2D eigenvalue weighted by atomic mass is 127. The molecule has 0 spiro atoms. The summed E-state index contributed by atoms with van der Waals surface area (Å²) in [6.07, 6.45) is 0. The molecule has 3 N–H and O–H groups in total. The van der Waals surface area contributed by atoms with Gasteiger partial charge in [0, 0.05) is 19.2 Å². The van der Waals surface area contributed by atoms with Crippen LogP contribution in [0.25, 0.3) is 11.0 Å². The Morgan fingerprint density at radius 2 is 2.00 bits per heavy atom. The van der Waals surface area contributed by atoms with Crippen LogP contribution in [0.5, 0.6) is 0 Å². The molecule has 0 saturated carbocycles. The molecule has 0 aliphatic carbocycles. The zero-order chi connectivity index (χ0) is 20.3. The minimum Gasteiger partial charge on any atom is -0.466 e. The second-order valence-electron chi connectivity index (χ2n) is 7.23. The van der Waals surface area contributed by atoms with Gasteiger partial charge < -0.3 is 24.7 Å². The van der Waals surface area contributed by atoms with Gasteiger partial charge in [-0.25, -0.2) is 9.98 Å². The number of aliphatic imine (C=N–C) groups is 1. The van der Waals surface area contributed by atoms with Crippen molar-refractivity contribution in [1.82, 2.24) is 20.2 Å². The summed E-state index contributed by atoms with van der Waals surface area (Å²) in [7, 11) is 2.00. The fourth-order valence-corrected chi connectivity index (χ4v) is 3.34. The van der Waals surface area contributed by atoms with Crippen LogP contribution in [0.2, 0.25) is 0 Å². The maximum absolute atomic E-state index is 10.9. The first kappa shape index (κ1) is 23.2. The van der Waals surface area contributed by atoms with Crippen molar-refractivity contribution in [2.75, 3.05) is 13.1 Å². The highest BCUT2D eigenvalue weighted by Gasteiger charge is 2.27. The number of nitrogens with zero attached hydrogens (tertiary/aromatic N) is 3. The van der Waals surface area contributed by atoms with Gasteiger partial charge in [-0.15, -0.1) is 24.0 Å². The molecule has 29 heavy (non-hydrogen) atoms. The van der Waals surface area contributed by atoms with Gasteiger partial charge >= 0.3 is 0 Å². The fraction of sp³-hybridized carbons (Fsp3) is 0.429. The number of guanidine groups is 1. The molecule has 2 heterocycles. The normalized spacial score (nSPS) is 13.8. The summed E-state index contributed by atoms with van der Waals surface area (Å²) < 4.78 is 7.61. The molecule has 3 rings (SSSR count). The smallest absolute Gasteiger partial charge is 0.191 e. The highest BCUT2D eigenvalue weighted by Crippen LogP contribution is 2.26. The molecule has 3 aromatic rings. The number of furan rings is 1. The zero-order valence-corrected chi connectivity index (χ0v) is 19.9. The van der Waals surface area contributed by atoms with Crippen molar-refractivity contribution in [3.05, 3.63) is 53.2 Å². The number of benzene rings is 1. The molecule has 0 aliphatic heterocycles. The summed E-state index contributed by atoms with van der Waals surface area (Å²) >= 11 is 0. The third-order valence-electron chi connectivity index (χ3n) is 4.82. The fourth-order valence-electron chi connectivity index (χ4n) is 3.34. The largest absolute Gasteiger partial charge is 0.466 e. The number of nitrogens with one attached hydrogen (secondary N) is 2. The van der Waals surface area contributed by atoms with Gasteiger partial charge in [-0.1, -0.05) is 12.1 Å². The topological polar surface area (TPSA) is 87.6 Å². The van der Waals surface area contributed by atoms with Gasteiger partial charge in [-0.2, -0.15) is 0 Å². The van der Waals surface area contributed by atoms with Crippen LogP contribution in [-0.4, -0.2) is 33.7 Å². The van der Waals surface area contributed by atoms with Crippen LogP contribution in [-0.2, 0) is 19.2 Å². The number of hydrogen-bond donors (Lipinski definition) is 3. The van der Waals surface area contributed by atoms with Gasteiger partial charge in [-0.05, 0) is 45.9 Å². The quantitative estimate of drug-likeness (QED) is 0.269. The Labute approximate surface area is 188 Å². The molecule has 0 aliphatic rings. The Hall–Kier alpha value is -2.07. The van der Waals surface area contributed by atoms with E-state index in [1.807, 2.05) is 58.2 Å². The van der Waals surface area contributed by atoms with Crippen LogP contribution < -0.4 is 10.6 Å². The van der Waals surface area contributed by atoms with E-state index in [9.17, 15) is 5.11 Å². The molecular weight excluding hydrogens is 481 g/mol. The second kappa shape index (κ2) is 9.62. The van der Waals surface area contributed by atoms with Gasteiger partial charge in [0.15, 0.2) is 5.96 Å². The van der Waals surface area contributed by atoms with Crippen molar-refractivity contribution in [3.8, 4) is 0 Å². The van der Waals surface area contributed by atoms with Crippen molar-refractivity contribution in [2.45, 2.75) is 39.8 Å². The molecule has 1 unspecified atom stereocenters. The summed E-state index contributed by atoms with van der Waals surface area (Å²) in [6, 6.07) is 9.91. The van der Waals surface area contributed by atoms with E-state index >= 15 is 0 Å². The van der Waals surface area contributed by atoms with Crippen LogP contribution >= 0.6 is 24.0 Å². The van der Waals surface area contributed by atoms with Crippen LogP contribution in [0.4, 0.5) is 0 Å². The molecular formula is C21H30IN5O2. The number of aromatic nitrogens is 2. The number of imidazole rings is 1. The number of rotatable bonds is 6. The van der Waals surface area contributed by atoms with Gasteiger partial charge in [0.25, 0.3) is 0 Å². The van der Waals surface area contributed by atoms with Gasteiger partial charge in [0.2, 0.25) is 0 Å². The standard InChI is InChI=1S/C21H29N5O2.HI/c1-6-22-20(24-13-21(4,27)16-11-14(2)28-15(16)3)23-12-19-25-17-9-7-8-10-18(17)26(19)5;/h7-11,27H,6,12-13H2,1-5H3,(H2,22,23,24);1H. The lowest BCUT2D eigenvalue weighted by Crippen LogP contribution is -2.44. The van der Waals surface area contributed by atoms with Crippen LogP contribution in [0, 0.1) is 13.8 Å². The molecule has 158 valence electrons. The molecule has 0 amide bonds. The monoisotopic (exact) mass is 511 g/mol. The van der Waals surface area contributed by atoms with E-state index in [0.717, 1.165) is 40.5 Å². The third kappa shape index (κ3) is 5.30. The number of halogens is 1. The van der Waals surface area contributed by atoms with E-state index < -0.39 is 5.60 Å². The lowest BCUT2D eigenvalue weighted by molar-refractivity contribution is 0.0601. The van der Waals surface area contributed by atoms with Gasteiger partial charge in [0.05, 0.1) is 17.6 Å². The Bertz CT molecular complexity index is 990. The van der Waals surface area contributed by atoms with Crippen LogP contribution in [0.3, 0.4) is 0 Å². The molecule has 0 saturated heterocycles.